The molecule has 0 bridgehead atoms. The minimum atomic E-state index is -1.31. The highest BCUT2D eigenvalue weighted by atomic mass is 16.4. The zero-order chi connectivity index (χ0) is 38.5. The van der Waals surface area contributed by atoms with Crippen LogP contribution in [0.2, 0.25) is 0 Å². The third-order valence-electron chi connectivity index (χ3n) is 6.09. The molecule has 0 saturated carbocycles. The van der Waals surface area contributed by atoms with Crippen LogP contribution in [0.15, 0.2) is 0 Å². The first-order chi connectivity index (χ1) is 22.4. The second-order valence-corrected chi connectivity index (χ2v) is 10.0. The van der Waals surface area contributed by atoms with E-state index in [1.54, 1.807) is 0 Å². The molecule has 0 fully saturated rings. The van der Waals surface area contributed by atoms with E-state index in [9.17, 15) is 19.2 Å². The van der Waals surface area contributed by atoms with Gasteiger partial charge in [0.05, 0.1) is 128 Å². The fraction of sp³-hybridized carbons (Fsp3) is 0.833. The third kappa shape index (κ3) is 23.5. The van der Waals surface area contributed by atoms with E-state index in [4.69, 9.17) is 81.7 Å². The van der Waals surface area contributed by atoms with Crippen molar-refractivity contribution in [1.82, 2.24) is 21.3 Å². The zero-order valence-electron chi connectivity index (χ0n) is 26.1. The van der Waals surface area contributed by atoms with Crippen molar-refractivity contribution in [2.45, 2.75) is 22.2 Å². The Morgan fingerprint density at radius 2 is 0.396 bits per heavy atom. The SMILES string of the molecule is O=C(O)CNC(CO)(CO)CO.O=C(O)CNC(CO)(CO)CO.O=C(O)CNC(CO)(CO)CO.O=C(O)CNC(CO)(CO)CO. The van der Waals surface area contributed by atoms with E-state index >= 15 is 0 Å². The maximum atomic E-state index is 10.1. The molecular formula is C24H52N4O20. The molecule has 0 aromatic carbocycles. The molecule has 0 amide bonds. The van der Waals surface area contributed by atoms with Crippen molar-refractivity contribution in [2.75, 3.05) is 105 Å². The average Bonchev–Trinajstić information content (AvgIpc) is 3.09. The first-order valence-corrected chi connectivity index (χ1v) is 13.6. The molecule has 0 saturated heterocycles. The molecule has 20 N–H and O–H groups in total. The molecule has 24 nitrogen and oxygen atoms in total. The summed E-state index contributed by atoms with van der Waals surface area (Å²) in [5.74, 6) is -4.46. The Balaban J connectivity index is -0.000000269. The molecule has 0 heterocycles. The topological polar surface area (TPSA) is 440 Å². The van der Waals surface area contributed by atoms with Crippen molar-refractivity contribution in [3.8, 4) is 0 Å². The summed E-state index contributed by atoms with van der Waals surface area (Å²) in [6.07, 6.45) is 0. The Hall–Kier alpha value is -2.76. The molecule has 0 aliphatic rings. The number of aliphatic hydroxyl groups is 12. The summed E-state index contributed by atoms with van der Waals surface area (Å²) in [5.41, 5.74) is -5.23. The highest BCUT2D eigenvalue weighted by Crippen LogP contribution is 2.02. The summed E-state index contributed by atoms with van der Waals surface area (Å²) in [5, 5.41) is 147. The van der Waals surface area contributed by atoms with Crippen molar-refractivity contribution in [2.24, 2.45) is 0 Å². The number of carboxylic acid groups (broad SMARTS) is 4. The van der Waals surface area contributed by atoms with E-state index in [2.05, 4.69) is 21.3 Å². The second-order valence-electron chi connectivity index (χ2n) is 10.0. The summed E-state index contributed by atoms with van der Waals surface area (Å²) in [4.78, 5) is 40.3. The van der Waals surface area contributed by atoms with Crippen LogP contribution in [0.1, 0.15) is 0 Å². The fourth-order valence-electron chi connectivity index (χ4n) is 2.32. The first-order valence-electron chi connectivity index (χ1n) is 13.6. The summed E-state index contributed by atoms with van der Waals surface area (Å²) >= 11 is 0. The minimum absolute atomic E-state index is 0.415. The molecule has 24 heteroatoms. The highest BCUT2D eigenvalue weighted by Gasteiger charge is 2.30. The molecule has 288 valence electrons. The second kappa shape index (κ2) is 29.2. The van der Waals surface area contributed by atoms with Gasteiger partial charge in [0, 0.05) is 0 Å². The Kier molecular flexibility index (Phi) is 31.7. The maximum Gasteiger partial charge on any atom is 0.317 e. The van der Waals surface area contributed by atoms with Crippen molar-refractivity contribution in [3.05, 3.63) is 0 Å². The molecule has 0 atom stereocenters. The molecule has 0 radical (unpaired) electrons. The summed E-state index contributed by atoms with van der Waals surface area (Å²) in [6.45, 7) is -7.91. The Labute approximate surface area is 274 Å². The van der Waals surface area contributed by atoms with Gasteiger partial charge in [-0.3, -0.25) is 40.4 Å². The lowest BCUT2D eigenvalue weighted by Gasteiger charge is -2.27. The van der Waals surface area contributed by atoms with Gasteiger partial charge < -0.3 is 81.7 Å². The number of rotatable bonds is 24. The van der Waals surface area contributed by atoms with Crippen molar-refractivity contribution >= 4 is 23.9 Å². The Morgan fingerprint density at radius 3 is 0.458 bits per heavy atom. The zero-order valence-corrected chi connectivity index (χ0v) is 26.1. The van der Waals surface area contributed by atoms with Crippen LogP contribution in [0.25, 0.3) is 0 Å². The van der Waals surface area contributed by atoms with E-state index in [-0.39, 0.29) is 0 Å². The average molecular weight is 717 g/mol. The molecule has 0 spiro atoms. The van der Waals surface area contributed by atoms with Gasteiger partial charge in [0.1, 0.15) is 0 Å². The monoisotopic (exact) mass is 716 g/mol. The van der Waals surface area contributed by atoms with Gasteiger partial charge in [-0.15, -0.1) is 0 Å². The predicted octanol–water partition coefficient (Wildman–Crippen LogP) is -10.5. The van der Waals surface area contributed by atoms with Crippen LogP contribution < -0.4 is 21.3 Å². The lowest BCUT2D eigenvalue weighted by Crippen LogP contribution is -2.56. The van der Waals surface area contributed by atoms with Crippen LogP contribution in [0.5, 0.6) is 0 Å². The molecule has 0 aliphatic carbocycles. The van der Waals surface area contributed by atoms with Gasteiger partial charge >= 0.3 is 23.9 Å². The predicted molar refractivity (Wildman–Crippen MR) is 159 cm³/mol. The molecule has 0 aliphatic heterocycles. The third-order valence-corrected chi connectivity index (χ3v) is 6.09. The van der Waals surface area contributed by atoms with E-state index < -0.39 is 151 Å². The van der Waals surface area contributed by atoms with Gasteiger partial charge in [-0.1, -0.05) is 0 Å². The quantitative estimate of drug-likeness (QED) is 0.0441. The molecular weight excluding hydrogens is 664 g/mol. The van der Waals surface area contributed by atoms with Gasteiger partial charge in [0.15, 0.2) is 0 Å². The Bertz CT molecular complexity index is 682. The van der Waals surface area contributed by atoms with Gasteiger partial charge in [-0.2, -0.15) is 0 Å². The van der Waals surface area contributed by atoms with E-state index in [1.807, 2.05) is 0 Å². The van der Waals surface area contributed by atoms with Crippen LogP contribution in [-0.4, -0.2) is 233 Å². The summed E-state index contributed by atoms with van der Waals surface area (Å²) < 4.78 is 0. The van der Waals surface area contributed by atoms with E-state index in [1.165, 1.54) is 0 Å². The summed E-state index contributed by atoms with van der Waals surface area (Å²) in [6, 6.07) is 0. The van der Waals surface area contributed by atoms with Crippen LogP contribution in [0.3, 0.4) is 0 Å². The van der Waals surface area contributed by atoms with Crippen molar-refractivity contribution < 1.29 is 101 Å². The number of hydrogen-bond donors (Lipinski definition) is 20. The molecule has 0 unspecified atom stereocenters. The van der Waals surface area contributed by atoms with E-state index in [0.717, 1.165) is 0 Å². The molecule has 0 rings (SSSR count). The molecule has 48 heavy (non-hydrogen) atoms. The Morgan fingerprint density at radius 1 is 0.292 bits per heavy atom. The fourth-order valence-corrected chi connectivity index (χ4v) is 2.32. The van der Waals surface area contributed by atoms with Crippen molar-refractivity contribution in [3.63, 3.8) is 0 Å². The van der Waals surface area contributed by atoms with Gasteiger partial charge in [-0.05, 0) is 0 Å². The van der Waals surface area contributed by atoms with Crippen LogP contribution in [-0.2, 0) is 19.2 Å². The smallest absolute Gasteiger partial charge is 0.317 e. The standard InChI is InChI=1S/4C6H13NO5/c4*8-2-6(3-9,4-10)7-1-5(11)12/h4*7-10H,1-4H2,(H,11,12). The first kappa shape index (κ1) is 52.1. The van der Waals surface area contributed by atoms with Crippen LogP contribution >= 0.6 is 0 Å². The van der Waals surface area contributed by atoms with Crippen molar-refractivity contribution in [1.29, 1.82) is 0 Å². The largest absolute Gasteiger partial charge is 0.480 e. The van der Waals surface area contributed by atoms with Gasteiger partial charge in [-0.25, -0.2) is 0 Å². The number of carbonyl (C=O) groups is 4. The van der Waals surface area contributed by atoms with Crippen LogP contribution in [0.4, 0.5) is 0 Å². The van der Waals surface area contributed by atoms with Crippen LogP contribution in [0, 0.1) is 0 Å². The number of nitrogens with one attached hydrogen (secondary N) is 4. The van der Waals surface area contributed by atoms with E-state index in [0.29, 0.717) is 0 Å². The van der Waals surface area contributed by atoms with Gasteiger partial charge in [0.25, 0.3) is 0 Å². The van der Waals surface area contributed by atoms with Gasteiger partial charge in [0.2, 0.25) is 0 Å². The number of hydrogen-bond acceptors (Lipinski definition) is 20. The number of aliphatic hydroxyl groups excluding tert-OH is 12. The normalized spacial score (nSPS) is 11.6. The lowest BCUT2D eigenvalue weighted by atomic mass is 10.0. The number of carboxylic acids is 4. The minimum Gasteiger partial charge on any atom is -0.480 e. The highest BCUT2D eigenvalue weighted by molar-refractivity contribution is 5.70. The number of aliphatic carboxylic acids is 4. The maximum absolute atomic E-state index is 10.1. The molecule has 0 aromatic heterocycles. The summed E-state index contributed by atoms with van der Waals surface area (Å²) in [7, 11) is 0. The lowest BCUT2D eigenvalue weighted by molar-refractivity contribution is -0.137. The molecule has 0 aromatic rings.